The summed E-state index contributed by atoms with van der Waals surface area (Å²) in [6.07, 6.45) is 1.71. The number of pyridine rings is 1. The maximum atomic E-state index is 12.8. The van der Waals surface area contributed by atoms with E-state index in [2.05, 4.69) is 25.9 Å². The second-order valence-corrected chi connectivity index (χ2v) is 6.08. The Labute approximate surface area is 144 Å². The molecule has 1 aromatic carbocycles. The minimum atomic E-state index is -0.667. The van der Waals surface area contributed by atoms with Crippen molar-refractivity contribution in [3.8, 4) is 11.4 Å². The molecule has 5 nitrogen and oxygen atoms in total. The Morgan fingerprint density at radius 1 is 1.39 bits per heavy atom. The summed E-state index contributed by atoms with van der Waals surface area (Å²) < 4.78 is 5.69. The van der Waals surface area contributed by atoms with Crippen LogP contribution in [0.2, 0.25) is 5.02 Å². The lowest BCUT2D eigenvalue weighted by Crippen LogP contribution is -2.20. The topological polar surface area (TPSA) is 75.0 Å². The first-order valence-electron chi connectivity index (χ1n) is 6.88. The fraction of sp³-hybridized carbons (Fsp3) is 0.125. The highest BCUT2D eigenvalue weighted by molar-refractivity contribution is 9.10. The van der Waals surface area contributed by atoms with Gasteiger partial charge in [0.05, 0.1) is 28.5 Å². The molecular weight excluding hydrogens is 384 g/mol. The zero-order chi connectivity index (χ0) is 16.6. The monoisotopic (exact) mass is 394 g/mol. The average molecular weight is 396 g/mol. The fourth-order valence-electron chi connectivity index (χ4n) is 2.37. The maximum Gasteiger partial charge on any atom is 0.344 e. The number of aromatic nitrogens is 2. The molecule has 0 radical (unpaired) electrons. The van der Waals surface area contributed by atoms with E-state index in [1.165, 1.54) is 6.07 Å². The third kappa shape index (κ3) is 2.80. The molecule has 0 spiro atoms. The van der Waals surface area contributed by atoms with Crippen molar-refractivity contribution in [3.05, 3.63) is 55.7 Å². The van der Waals surface area contributed by atoms with Crippen molar-refractivity contribution < 1.29 is 9.53 Å². The number of benzene rings is 1. The number of esters is 1. The molecule has 0 aliphatic rings. The van der Waals surface area contributed by atoms with E-state index in [-0.39, 0.29) is 12.2 Å². The molecule has 0 unspecified atom stereocenters. The van der Waals surface area contributed by atoms with Gasteiger partial charge in [0, 0.05) is 16.1 Å². The SMILES string of the molecule is CCOC(=O)c1c(-c2ccc[nH]2)[nH]c2cc(Br)c(Cl)cc2c1=O. The quantitative estimate of drug-likeness (QED) is 0.655. The van der Waals surface area contributed by atoms with E-state index in [0.29, 0.717) is 31.8 Å². The van der Waals surface area contributed by atoms with Crippen molar-refractivity contribution >= 4 is 44.4 Å². The molecule has 0 aliphatic heterocycles. The number of H-pyrrole nitrogens is 2. The Morgan fingerprint density at radius 3 is 2.83 bits per heavy atom. The molecule has 3 rings (SSSR count). The second kappa shape index (κ2) is 6.22. The van der Waals surface area contributed by atoms with Crippen LogP contribution in [0.3, 0.4) is 0 Å². The van der Waals surface area contributed by atoms with Gasteiger partial charge in [-0.15, -0.1) is 0 Å². The number of rotatable bonds is 3. The highest BCUT2D eigenvalue weighted by Gasteiger charge is 2.22. The maximum absolute atomic E-state index is 12.8. The van der Waals surface area contributed by atoms with Gasteiger partial charge in [-0.25, -0.2) is 4.79 Å². The molecule has 0 saturated carbocycles. The molecule has 3 aromatic rings. The Morgan fingerprint density at radius 2 is 2.17 bits per heavy atom. The molecule has 2 aromatic heterocycles. The van der Waals surface area contributed by atoms with Crippen molar-refractivity contribution in [1.29, 1.82) is 0 Å². The van der Waals surface area contributed by atoms with Gasteiger partial charge in [0.1, 0.15) is 5.56 Å². The zero-order valence-corrected chi connectivity index (χ0v) is 14.4. The number of carbonyl (C=O) groups excluding carboxylic acids is 1. The fourth-order valence-corrected chi connectivity index (χ4v) is 2.88. The van der Waals surface area contributed by atoms with Gasteiger partial charge >= 0.3 is 5.97 Å². The van der Waals surface area contributed by atoms with Crippen LogP contribution in [0.5, 0.6) is 0 Å². The predicted octanol–water partition coefficient (Wildman–Crippen LogP) is 4.12. The molecule has 0 amide bonds. The lowest BCUT2D eigenvalue weighted by Gasteiger charge is -2.10. The van der Waals surface area contributed by atoms with Crippen LogP contribution < -0.4 is 5.43 Å². The summed E-state index contributed by atoms with van der Waals surface area (Å²) in [4.78, 5) is 31.2. The third-order valence-corrected chi connectivity index (χ3v) is 4.59. The Kier molecular flexibility index (Phi) is 4.28. The molecule has 0 bridgehead atoms. The van der Waals surface area contributed by atoms with E-state index in [4.69, 9.17) is 16.3 Å². The summed E-state index contributed by atoms with van der Waals surface area (Å²) in [5.74, 6) is -0.667. The van der Waals surface area contributed by atoms with Crippen LogP contribution >= 0.6 is 27.5 Å². The molecule has 0 atom stereocenters. The molecule has 23 heavy (non-hydrogen) atoms. The Balaban J connectivity index is 2.39. The summed E-state index contributed by atoms with van der Waals surface area (Å²) in [5, 5.41) is 0.724. The minimum Gasteiger partial charge on any atom is -0.462 e. The highest BCUT2D eigenvalue weighted by atomic mass is 79.9. The summed E-state index contributed by atoms with van der Waals surface area (Å²) in [5.41, 5.74) is 1.12. The summed E-state index contributed by atoms with van der Waals surface area (Å²) >= 11 is 9.40. The van der Waals surface area contributed by atoms with E-state index in [0.717, 1.165) is 0 Å². The molecular formula is C16H12BrClN2O3. The van der Waals surface area contributed by atoms with Gasteiger partial charge < -0.3 is 14.7 Å². The van der Waals surface area contributed by atoms with Gasteiger partial charge in [-0.3, -0.25) is 4.79 Å². The van der Waals surface area contributed by atoms with Crippen LogP contribution in [0.15, 0.2) is 39.7 Å². The average Bonchev–Trinajstić information content (AvgIpc) is 3.03. The number of nitrogens with one attached hydrogen (secondary N) is 2. The molecule has 7 heteroatoms. The van der Waals surface area contributed by atoms with Crippen LogP contribution in [0, 0.1) is 0 Å². The number of hydrogen-bond acceptors (Lipinski definition) is 3. The number of halogens is 2. The molecule has 0 aliphatic carbocycles. The van der Waals surface area contributed by atoms with E-state index < -0.39 is 11.4 Å². The number of aromatic amines is 2. The molecule has 2 heterocycles. The van der Waals surface area contributed by atoms with Crippen molar-refractivity contribution in [2.45, 2.75) is 6.92 Å². The van der Waals surface area contributed by atoms with E-state index in [9.17, 15) is 9.59 Å². The third-order valence-electron chi connectivity index (χ3n) is 3.39. The van der Waals surface area contributed by atoms with Gasteiger partial charge in [-0.1, -0.05) is 11.6 Å². The first-order chi connectivity index (χ1) is 11.0. The van der Waals surface area contributed by atoms with E-state index in [1.54, 1.807) is 31.3 Å². The van der Waals surface area contributed by atoms with Crippen LogP contribution in [-0.2, 0) is 4.74 Å². The van der Waals surface area contributed by atoms with Gasteiger partial charge in [0.2, 0.25) is 5.43 Å². The van der Waals surface area contributed by atoms with Crippen molar-refractivity contribution in [3.63, 3.8) is 0 Å². The van der Waals surface area contributed by atoms with Crippen molar-refractivity contribution in [2.75, 3.05) is 6.61 Å². The predicted molar refractivity (Wildman–Crippen MR) is 93.0 cm³/mol. The summed E-state index contributed by atoms with van der Waals surface area (Å²) in [6, 6.07) is 6.79. The van der Waals surface area contributed by atoms with Crippen LogP contribution in [-0.4, -0.2) is 22.5 Å². The second-order valence-electron chi connectivity index (χ2n) is 4.82. The zero-order valence-electron chi connectivity index (χ0n) is 12.1. The van der Waals surface area contributed by atoms with Gasteiger partial charge in [0.25, 0.3) is 0 Å². The number of fused-ring (bicyclic) bond motifs is 1. The van der Waals surface area contributed by atoms with Crippen LogP contribution in [0.4, 0.5) is 0 Å². The number of hydrogen-bond donors (Lipinski definition) is 2. The van der Waals surface area contributed by atoms with E-state index in [1.807, 2.05) is 0 Å². The van der Waals surface area contributed by atoms with E-state index >= 15 is 0 Å². The van der Waals surface area contributed by atoms with Gasteiger partial charge in [-0.05, 0) is 47.1 Å². The lowest BCUT2D eigenvalue weighted by molar-refractivity contribution is 0.0525. The molecule has 0 saturated heterocycles. The smallest absolute Gasteiger partial charge is 0.344 e. The molecule has 2 N–H and O–H groups in total. The number of ether oxygens (including phenoxy) is 1. The van der Waals surface area contributed by atoms with Crippen molar-refractivity contribution in [2.24, 2.45) is 0 Å². The minimum absolute atomic E-state index is 0.0415. The number of carbonyl (C=O) groups is 1. The standard InChI is InChI=1S/C16H12BrClN2O3/c1-2-23-16(22)13-14(11-4-3-5-19-11)20-12-7-9(17)10(18)6-8(12)15(13)21/h3-7,19H,2H2,1H3,(H,20,21). The first kappa shape index (κ1) is 15.8. The molecule has 0 fully saturated rings. The largest absolute Gasteiger partial charge is 0.462 e. The Hall–Kier alpha value is -2.05. The van der Waals surface area contributed by atoms with Crippen LogP contribution in [0.25, 0.3) is 22.3 Å². The van der Waals surface area contributed by atoms with Crippen molar-refractivity contribution in [1.82, 2.24) is 9.97 Å². The first-order valence-corrected chi connectivity index (χ1v) is 8.06. The Bertz CT molecular complexity index is 948. The summed E-state index contributed by atoms with van der Waals surface area (Å²) in [6.45, 7) is 1.87. The summed E-state index contributed by atoms with van der Waals surface area (Å²) in [7, 11) is 0. The normalized spacial score (nSPS) is 10.9. The molecule has 118 valence electrons. The van der Waals surface area contributed by atoms with Crippen LogP contribution in [0.1, 0.15) is 17.3 Å². The van der Waals surface area contributed by atoms with Gasteiger partial charge in [-0.2, -0.15) is 0 Å². The lowest BCUT2D eigenvalue weighted by atomic mass is 10.1. The van der Waals surface area contributed by atoms with Gasteiger partial charge in [0.15, 0.2) is 0 Å². The highest BCUT2D eigenvalue weighted by Crippen LogP contribution is 2.28.